The Bertz CT molecular complexity index is 596. The fourth-order valence-corrected chi connectivity index (χ4v) is 2.50. The third-order valence-corrected chi connectivity index (χ3v) is 4.48. The molecular weight excluding hydrogens is 272 g/mol. The molecule has 106 valence electrons. The fraction of sp³-hybridized carbons (Fsp3) is 0.312. The molecule has 0 aliphatic rings. The van der Waals surface area contributed by atoms with E-state index in [1.54, 1.807) is 12.1 Å². The van der Waals surface area contributed by atoms with E-state index in [0.717, 1.165) is 23.5 Å². The Morgan fingerprint density at radius 1 is 1.20 bits per heavy atom. The minimum atomic E-state index is -0.926. The zero-order valence-corrected chi connectivity index (χ0v) is 12.7. The van der Waals surface area contributed by atoms with Gasteiger partial charge in [0.05, 0.1) is 0 Å². The van der Waals surface area contributed by atoms with Crippen molar-refractivity contribution in [3.63, 3.8) is 0 Å². The lowest BCUT2D eigenvalue weighted by Crippen LogP contribution is -2.14. The summed E-state index contributed by atoms with van der Waals surface area (Å²) in [4.78, 5) is 11.1. The number of ether oxygens (including phenoxy) is 1. The molecule has 0 spiro atoms. The average molecular weight is 290 g/mol. The molecule has 1 N–H and O–H groups in total. The summed E-state index contributed by atoms with van der Waals surface area (Å²) in [5.74, 6) is -0.204. The van der Waals surface area contributed by atoms with Gasteiger partial charge in [0.1, 0.15) is 10.6 Å². The van der Waals surface area contributed by atoms with Gasteiger partial charge < -0.3 is 9.84 Å². The van der Waals surface area contributed by atoms with Gasteiger partial charge >= 0.3 is 5.97 Å². The molecule has 2 rings (SSSR count). The van der Waals surface area contributed by atoms with E-state index in [1.807, 2.05) is 12.1 Å². The van der Waals surface area contributed by atoms with E-state index >= 15 is 0 Å². The van der Waals surface area contributed by atoms with Crippen LogP contribution in [0.4, 0.5) is 0 Å². The molecule has 0 amide bonds. The van der Waals surface area contributed by atoms with Crippen molar-refractivity contribution in [1.29, 1.82) is 0 Å². The van der Waals surface area contributed by atoms with Gasteiger partial charge in [-0.3, -0.25) is 0 Å². The molecule has 0 bridgehead atoms. The lowest BCUT2D eigenvalue weighted by Gasteiger charge is -2.23. The molecule has 0 unspecified atom stereocenters. The molecule has 20 heavy (non-hydrogen) atoms. The second kappa shape index (κ2) is 5.67. The number of carboxylic acid groups (broad SMARTS) is 1. The van der Waals surface area contributed by atoms with Crippen molar-refractivity contribution < 1.29 is 14.6 Å². The van der Waals surface area contributed by atoms with E-state index in [-0.39, 0.29) is 10.3 Å². The summed E-state index contributed by atoms with van der Waals surface area (Å²) in [5.41, 5.74) is 1.42. The largest absolute Gasteiger partial charge is 0.477 e. The highest BCUT2D eigenvalue weighted by molar-refractivity contribution is 7.15. The predicted octanol–water partition coefficient (Wildman–Crippen LogP) is 4.93. The molecule has 0 fully saturated rings. The van der Waals surface area contributed by atoms with E-state index in [2.05, 4.69) is 32.9 Å². The van der Waals surface area contributed by atoms with Crippen LogP contribution in [-0.4, -0.2) is 11.1 Å². The summed E-state index contributed by atoms with van der Waals surface area (Å²) >= 11 is 1.13. The second-order valence-electron chi connectivity index (χ2n) is 5.29. The van der Waals surface area contributed by atoms with Crippen molar-refractivity contribution in [2.24, 2.45) is 0 Å². The van der Waals surface area contributed by atoms with Crippen LogP contribution in [0.25, 0.3) is 0 Å². The molecule has 0 aliphatic heterocycles. The summed E-state index contributed by atoms with van der Waals surface area (Å²) in [7, 11) is 0. The Balaban J connectivity index is 2.12. The number of carboxylic acids is 1. The van der Waals surface area contributed by atoms with Gasteiger partial charge in [-0.25, -0.2) is 4.79 Å². The molecule has 0 saturated carbocycles. The van der Waals surface area contributed by atoms with Gasteiger partial charge in [0, 0.05) is 0 Å². The van der Waals surface area contributed by atoms with Gasteiger partial charge in [-0.15, -0.1) is 0 Å². The van der Waals surface area contributed by atoms with Crippen LogP contribution in [0.3, 0.4) is 0 Å². The molecule has 1 aromatic carbocycles. The second-order valence-corrected chi connectivity index (χ2v) is 6.33. The average Bonchev–Trinajstić information content (AvgIpc) is 2.88. The maximum Gasteiger partial charge on any atom is 0.345 e. The third kappa shape index (κ3) is 3.20. The fourth-order valence-electron chi connectivity index (χ4n) is 1.78. The first-order chi connectivity index (χ1) is 9.42. The van der Waals surface area contributed by atoms with E-state index in [9.17, 15) is 4.79 Å². The lowest BCUT2D eigenvalue weighted by atomic mass is 9.82. The molecular formula is C16H18O3S. The van der Waals surface area contributed by atoms with Crippen molar-refractivity contribution in [1.82, 2.24) is 0 Å². The Kier molecular flexibility index (Phi) is 4.14. The highest BCUT2D eigenvalue weighted by Crippen LogP contribution is 2.32. The third-order valence-electron chi connectivity index (χ3n) is 3.53. The predicted molar refractivity (Wildman–Crippen MR) is 81.1 cm³/mol. The van der Waals surface area contributed by atoms with Crippen LogP contribution in [0.1, 0.15) is 42.4 Å². The van der Waals surface area contributed by atoms with Crippen molar-refractivity contribution in [2.75, 3.05) is 0 Å². The monoisotopic (exact) mass is 290 g/mol. The minimum absolute atomic E-state index is 0.151. The molecule has 3 nitrogen and oxygen atoms in total. The van der Waals surface area contributed by atoms with Crippen molar-refractivity contribution >= 4 is 17.3 Å². The van der Waals surface area contributed by atoms with Crippen molar-refractivity contribution in [2.45, 2.75) is 32.6 Å². The van der Waals surface area contributed by atoms with Crippen LogP contribution in [0.5, 0.6) is 10.8 Å². The quantitative estimate of drug-likeness (QED) is 0.849. The molecule has 1 heterocycles. The van der Waals surface area contributed by atoms with Gasteiger partial charge in [0.15, 0.2) is 5.06 Å². The summed E-state index contributed by atoms with van der Waals surface area (Å²) in [5, 5.41) is 9.46. The Labute approximate surface area is 122 Å². The summed E-state index contributed by atoms with van der Waals surface area (Å²) < 4.78 is 5.67. The normalized spacial score (nSPS) is 11.3. The maximum atomic E-state index is 10.8. The van der Waals surface area contributed by atoms with Gasteiger partial charge in [-0.2, -0.15) is 0 Å². The molecule has 0 saturated heterocycles. The number of benzene rings is 1. The van der Waals surface area contributed by atoms with Crippen molar-refractivity contribution in [3.05, 3.63) is 46.8 Å². The van der Waals surface area contributed by atoms with Gasteiger partial charge in [-0.05, 0) is 41.7 Å². The number of hydrogen-bond acceptors (Lipinski definition) is 3. The number of hydrogen-bond donors (Lipinski definition) is 1. The van der Waals surface area contributed by atoms with Gasteiger partial charge in [-0.1, -0.05) is 44.2 Å². The number of rotatable bonds is 5. The van der Waals surface area contributed by atoms with Crippen LogP contribution in [0.2, 0.25) is 0 Å². The number of aromatic carboxylic acids is 1. The van der Waals surface area contributed by atoms with Crippen LogP contribution in [0.15, 0.2) is 36.4 Å². The first-order valence-corrected chi connectivity index (χ1v) is 7.35. The highest BCUT2D eigenvalue weighted by atomic mass is 32.1. The molecule has 4 heteroatoms. The lowest BCUT2D eigenvalue weighted by molar-refractivity contribution is 0.0702. The summed E-state index contributed by atoms with van der Waals surface area (Å²) in [6, 6.07) is 11.2. The smallest absolute Gasteiger partial charge is 0.345 e. The topological polar surface area (TPSA) is 46.5 Å². The van der Waals surface area contributed by atoms with E-state index in [1.165, 1.54) is 5.56 Å². The van der Waals surface area contributed by atoms with Gasteiger partial charge in [0.2, 0.25) is 0 Å². The SMILES string of the molecule is CCC(C)(C)c1ccc(Oc2ccc(C(=O)O)s2)cc1. The maximum absolute atomic E-state index is 10.8. The Hall–Kier alpha value is -1.81. The van der Waals surface area contributed by atoms with Crippen LogP contribution >= 0.6 is 11.3 Å². The van der Waals surface area contributed by atoms with Crippen molar-refractivity contribution in [3.8, 4) is 10.8 Å². The van der Waals surface area contributed by atoms with E-state index < -0.39 is 5.97 Å². The zero-order chi connectivity index (χ0) is 14.8. The molecule has 0 radical (unpaired) electrons. The first kappa shape index (κ1) is 14.6. The summed E-state index contributed by atoms with van der Waals surface area (Å²) in [6.45, 7) is 6.59. The van der Waals surface area contributed by atoms with Gasteiger partial charge in [0.25, 0.3) is 0 Å². The first-order valence-electron chi connectivity index (χ1n) is 6.54. The number of carbonyl (C=O) groups is 1. The number of thiophene rings is 1. The Morgan fingerprint density at radius 3 is 2.35 bits per heavy atom. The Morgan fingerprint density at radius 2 is 1.85 bits per heavy atom. The summed E-state index contributed by atoms with van der Waals surface area (Å²) in [6.07, 6.45) is 1.07. The highest BCUT2D eigenvalue weighted by Gasteiger charge is 2.17. The van der Waals surface area contributed by atoms with Crippen LogP contribution < -0.4 is 4.74 Å². The van der Waals surface area contributed by atoms with E-state index in [4.69, 9.17) is 9.84 Å². The van der Waals surface area contributed by atoms with Crippen LogP contribution in [-0.2, 0) is 5.41 Å². The minimum Gasteiger partial charge on any atom is -0.477 e. The molecule has 1 aromatic heterocycles. The molecule has 0 atom stereocenters. The van der Waals surface area contributed by atoms with E-state index in [0.29, 0.717) is 5.06 Å². The zero-order valence-electron chi connectivity index (χ0n) is 11.8. The molecule has 0 aliphatic carbocycles. The molecule has 2 aromatic rings. The standard InChI is InChI=1S/C16H18O3S/c1-4-16(2,3)11-5-7-12(8-6-11)19-14-10-9-13(20-14)15(17)18/h5-10H,4H2,1-3H3,(H,17,18). The van der Waals surface area contributed by atoms with Crippen LogP contribution in [0, 0.1) is 0 Å².